The number of hydrazine groups is 1. The number of rotatable bonds is 6. The molecule has 0 aliphatic rings. The molecule has 0 saturated heterocycles. The molecule has 3 aromatic rings. The molecule has 1 N–H and O–H groups in total. The van der Waals surface area contributed by atoms with Crippen molar-refractivity contribution in [3.8, 4) is 0 Å². The fraction of sp³-hybridized carbons (Fsp3) is 0.174. The van der Waals surface area contributed by atoms with Gasteiger partial charge in [0.1, 0.15) is 11.7 Å². The fourth-order valence-electron chi connectivity index (χ4n) is 3.18. The van der Waals surface area contributed by atoms with Gasteiger partial charge < -0.3 is 0 Å². The van der Waals surface area contributed by atoms with Crippen LogP contribution in [0, 0.1) is 0 Å². The molecule has 0 aliphatic carbocycles. The normalized spacial score (nSPS) is 13.3. The first kappa shape index (κ1) is 28.4. The number of carbonyl (C=O) groups is 1. The van der Waals surface area contributed by atoms with Gasteiger partial charge in [0.15, 0.2) is 0 Å². The summed E-state index contributed by atoms with van der Waals surface area (Å²) in [5.41, 5.74) is -1.52. The van der Waals surface area contributed by atoms with E-state index in [2.05, 4.69) is 31.3 Å². The molecule has 0 bridgehead atoms. The van der Waals surface area contributed by atoms with Crippen molar-refractivity contribution in [3.63, 3.8) is 0 Å². The minimum absolute atomic E-state index is 0.0266. The Kier molecular flexibility index (Phi) is 8.48. The maximum absolute atomic E-state index is 14.9. The molecule has 1 amide bonds. The third-order valence-electron chi connectivity index (χ3n) is 4.94. The molecule has 1 heterocycles. The number of hydrogen-bond donors (Lipinski definition) is 1. The Morgan fingerprint density at radius 3 is 2.30 bits per heavy atom. The molecule has 1 atom stereocenters. The minimum atomic E-state index is -5.13. The number of carbonyl (C=O) groups excluding carboxylic acids is 1. The van der Waals surface area contributed by atoms with Crippen molar-refractivity contribution < 1.29 is 35.5 Å². The number of anilines is 1. The fourth-order valence-corrected chi connectivity index (χ4v) is 3.62. The first-order valence-corrected chi connectivity index (χ1v) is 11.3. The molecule has 5 nitrogen and oxygen atoms in total. The van der Waals surface area contributed by atoms with Crippen molar-refractivity contribution in [2.75, 3.05) is 12.1 Å². The van der Waals surface area contributed by atoms with Crippen molar-refractivity contribution >= 4 is 45.2 Å². The second kappa shape index (κ2) is 11.1. The summed E-state index contributed by atoms with van der Waals surface area (Å²) in [4.78, 5) is 20.2. The summed E-state index contributed by atoms with van der Waals surface area (Å²) in [6.45, 7) is 0. The van der Waals surface area contributed by atoms with Crippen LogP contribution in [0.2, 0.25) is 5.02 Å². The summed E-state index contributed by atoms with van der Waals surface area (Å²) < 4.78 is 97.6. The molecule has 0 saturated carbocycles. The lowest BCUT2D eigenvalue weighted by Crippen LogP contribution is -2.41. The van der Waals surface area contributed by atoms with Gasteiger partial charge in [-0.3, -0.25) is 15.2 Å². The minimum Gasteiger partial charge on any atom is -0.267 e. The average molecular weight is 612 g/mol. The van der Waals surface area contributed by atoms with Gasteiger partial charge >= 0.3 is 12.4 Å². The van der Waals surface area contributed by atoms with Crippen LogP contribution < -0.4 is 10.4 Å². The third-order valence-corrected chi connectivity index (χ3v) is 6.17. The number of allylic oxidation sites excluding steroid dienone is 1. The number of nitrogens with zero attached hydrogens (tertiary/aromatic N) is 3. The molecular weight excluding hydrogens is 597 g/mol. The molecule has 37 heavy (non-hydrogen) atoms. The molecule has 1 unspecified atom stereocenters. The zero-order valence-corrected chi connectivity index (χ0v) is 20.8. The van der Waals surface area contributed by atoms with E-state index in [1.54, 1.807) is 0 Å². The number of hydrogen-bond acceptors (Lipinski definition) is 4. The van der Waals surface area contributed by atoms with Gasteiger partial charge in [-0.2, -0.15) is 26.3 Å². The molecule has 0 aliphatic heterocycles. The van der Waals surface area contributed by atoms with E-state index in [1.165, 1.54) is 31.6 Å². The van der Waals surface area contributed by atoms with E-state index < -0.39 is 52.3 Å². The highest BCUT2D eigenvalue weighted by Crippen LogP contribution is 2.41. The lowest BCUT2D eigenvalue weighted by Gasteiger charge is -2.20. The summed E-state index contributed by atoms with van der Waals surface area (Å²) >= 11 is 8.89. The second-order valence-electron chi connectivity index (χ2n) is 7.51. The lowest BCUT2D eigenvalue weighted by atomic mass is 9.95. The Bertz CT molecular complexity index is 1320. The summed E-state index contributed by atoms with van der Waals surface area (Å²) in [5.74, 6) is -5.33. The van der Waals surface area contributed by atoms with Crippen LogP contribution in [0.15, 0.2) is 65.4 Å². The summed E-state index contributed by atoms with van der Waals surface area (Å²) in [7, 11) is 1.28. The van der Waals surface area contributed by atoms with Crippen molar-refractivity contribution in [2.45, 2.75) is 18.3 Å². The van der Waals surface area contributed by atoms with Crippen LogP contribution in [0.25, 0.3) is 5.83 Å². The largest absolute Gasteiger partial charge is 0.417 e. The van der Waals surface area contributed by atoms with Crippen LogP contribution in [0.5, 0.6) is 0 Å². The van der Waals surface area contributed by atoms with Crippen LogP contribution in [0.3, 0.4) is 0 Å². The predicted molar refractivity (Wildman–Crippen MR) is 126 cm³/mol. The maximum atomic E-state index is 14.9. The van der Waals surface area contributed by atoms with Crippen molar-refractivity contribution in [1.29, 1.82) is 0 Å². The topological polar surface area (TPSA) is 58.1 Å². The van der Waals surface area contributed by atoms with Crippen LogP contribution in [0.4, 0.5) is 36.7 Å². The van der Waals surface area contributed by atoms with Gasteiger partial charge in [0.05, 0.1) is 16.1 Å². The Morgan fingerprint density at radius 2 is 1.73 bits per heavy atom. The van der Waals surface area contributed by atoms with Gasteiger partial charge in [-0.15, -0.1) is 0 Å². The van der Waals surface area contributed by atoms with Gasteiger partial charge in [-0.25, -0.2) is 14.4 Å². The summed E-state index contributed by atoms with van der Waals surface area (Å²) in [6, 6.07) is 6.44. The second-order valence-corrected chi connectivity index (χ2v) is 8.78. The molecule has 0 radical (unpaired) electrons. The van der Waals surface area contributed by atoms with E-state index in [4.69, 9.17) is 11.6 Å². The Balaban J connectivity index is 1.99. The number of benzene rings is 2. The Labute approximate surface area is 219 Å². The average Bonchev–Trinajstić information content (AvgIpc) is 2.83. The molecule has 0 fully saturated rings. The van der Waals surface area contributed by atoms with E-state index in [9.17, 15) is 35.5 Å². The zero-order chi connectivity index (χ0) is 27.5. The van der Waals surface area contributed by atoms with Crippen LogP contribution in [0.1, 0.15) is 33.0 Å². The van der Waals surface area contributed by atoms with Gasteiger partial charge in [-0.1, -0.05) is 23.7 Å². The van der Waals surface area contributed by atoms with Crippen LogP contribution in [-0.2, 0) is 6.18 Å². The van der Waals surface area contributed by atoms with E-state index in [0.717, 1.165) is 23.2 Å². The summed E-state index contributed by atoms with van der Waals surface area (Å²) in [6.07, 6.45) is -7.28. The maximum Gasteiger partial charge on any atom is 0.417 e. The molecule has 1 aromatic heterocycles. The highest BCUT2D eigenvalue weighted by atomic mass is 79.9. The molecular formula is C23H15BrClF7N4O. The van der Waals surface area contributed by atoms with Gasteiger partial charge in [0, 0.05) is 29.5 Å². The quantitative estimate of drug-likeness (QED) is 0.234. The zero-order valence-electron chi connectivity index (χ0n) is 18.5. The molecule has 0 spiro atoms. The van der Waals surface area contributed by atoms with Crippen molar-refractivity contribution in [1.82, 2.24) is 15.4 Å². The number of halogens is 9. The SMILES string of the molecule is CN(NC(=O)c1ccc(/C(F)=C/C(c2ccc(Br)c(Cl)c2)C(F)(F)F)cc1C(F)(F)F)c1ncccn1. The smallest absolute Gasteiger partial charge is 0.267 e. The molecule has 196 valence electrons. The van der Waals surface area contributed by atoms with Gasteiger partial charge in [-0.05, 0) is 57.9 Å². The predicted octanol–water partition coefficient (Wildman–Crippen LogP) is 7.35. The third kappa shape index (κ3) is 6.98. The van der Waals surface area contributed by atoms with Gasteiger partial charge in [0.2, 0.25) is 5.95 Å². The van der Waals surface area contributed by atoms with Crippen molar-refractivity contribution in [2.24, 2.45) is 0 Å². The van der Waals surface area contributed by atoms with Gasteiger partial charge in [0.25, 0.3) is 5.91 Å². The Morgan fingerprint density at radius 1 is 1.08 bits per heavy atom. The molecule has 3 rings (SSSR count). The lowest BCUT2D eigenvalue weighted by molar-refractivity contribution is -0.140. The van der Waals surface area contributed by atoms with E-state index >= 15 is 0 Å². The van der Waals surface area contributed by atoms with E-state index in [1.807, 2.05) is 0 Å². The summed E-state index contributed by atoms with van der Waals surface area (Å²) in [5, 5.41) is 0.898. The molecule has 2 aromatic carbocycles. The first-order chi connectivity index (χ1) is 17.2. The van der Waals surface area contributed by atoms with Crippen molar-refractivity contribution in [3.05, 3.63) is 92.7 Å². The number of nitrogens with one attached hydrogen (secondary N) is 1. The Hall–Kier alpha value is -3.19. The van der Waals surface area contributed by atoms with Crippen LogP contribution >= 0.6 is 27.5 Å². The monoisotopic (exact) mass is 610 g/mol. The number of amides is 1. The highest BCUT2D eigenvalue weighted by molar-refractivity contribution is 9.10. The van der Waals surface area contributed by atoms with E-state index in [0.29, 0.717) is 10.5 Å². The number of alkyl halides is 6. The van der Waals surface area contributed by atoms with E-state index in [-0.39, 0.29) is 23.1 Å². The number of aromatic nitrogens is 2. The highest BCUT2D eigenvalue weighted by Gasteiger charge is 2.40. The standard InChI is InChI=1S/C23H15BrClF7N4O/c1-36(21-33-7-2-8-34-21)35-20(37)14-5-3-13(9-16(14)23(30,31)32)19(26)11-15(22(27,28)29)12-4-6-17(24)18(25)10-12/h2-11,15H,1H3,(H,35,37)/b19-11-. The van der Waals surface area contributed by atoms with Crippen LogP contribution in [-0.4, -0.2) is 29.1 Å². The molecule has 14 heteroatoms. The first-order valence-electron chi connectivity index (χ1n) is 10.1.